The topological polar surface area (TPSA) is 80.3 Å². The normalized spacial score (nSPS) is 11.1. The minimum absolute atomic E-state index is 0.109. The van der Waals surface area contributed by atoms with Crippen molar-refractivity contribution in [2.24, 2.45) is 0 Å². The van der Waals surface area contributed by atoms with E-state index in [-0.39, 0.29) is 24.7 Å². The van der Waals surface area contributed by atoms with Gasteiger partial charge >= 0.3 is 6.09 Å². The van der Waals surface area contributed by atoms with Crippen LogP contribution in [0, 0.1) is 5.82 Å². The number of alkyl carbamates (subject to hydrolysis) is 1. The van der Waals surface area contributed by atoms with E-state index in [1.54, 1.807) is 33.0 Å². The average molecular weight is 379 g/mol. The molecule has 0 radical (unpaired) electrons. The molecule has 2 N–H and O–H groups in total. The number of anilines is 1. The largest absolute Gasteiger partial charge is 0.444 e. The Morgan fingerprint density at radius 3 is 2.77 bits per heavy atom. The van der Waals surface area contributed by atoms with Gasteiger partial charge in [0, 0.05) is 30.5 Å². The molecule has 0 aliphatic rings. The lowest BCUT2D eigenvalue weighted by atomic mass is 10.1. The van der Waals surface area contributed by atoms with Crippen molar-refractivity contribution in [2.45, 2.75) is 39.2 Å². The fourth-order valence-corrected chi connectivity index (χ4v) is 2.93. The molecule has 0 aliphatic heterocycles. The molecule has 1 heterocycles. The molecular formula is C18H22FN3O3S. The van der Waals surface area contributed by atoms with Gasteiger partial charge in [-0.05, 0) is 38.5 Å². The molecule has 8 heteroatoms. The van der Waals surface area contributed by atoms with Crippen LogP contribution in [0.25, 0.3) is 0 Å². The molecule has 0 atom stereocenters. The van der Waals surface area contributed by atoms with Crippen LogP contribution in [0.5, 0.6) is 0 Å². The maximum Gasteiger partial charge on any atom is 0.407 e. The van der Waals surface area contributed by atoms with Crippen LogP contribution >= 0.6 is 11.3 Å². The van der Waals surface area contributed by atoms with Crippen LogP contribution < -0.4 is 10.6 Å². The number of ether oxygens (including phenoxy) is 1. The van der Waals surface area contributed by atoms with E-state index in [4.69, 9.17) is 4.74 Å². The second-order valence-corrected chi connectivity index (χ2v) is 7.78. The van der Waals surface area contributed by atoms with Crippen molar-refractivity contribution in [2.75, 3.05) is 11.9 Å². The number of rotatable bonds is 6. The summed E-state index contributed by atoms with van der Waals surface area (Å²) in [5.41, 5.74) is 0.263. The van der Waals surface area contributed by atoms with E-state index in [0.29, 0.717) is 11.6 Å². The molecule has 2 rings (SSSR count). The van der Waals surface area contributed by atoms with Gasteiger partial charge in [0.25, 0.3) is 0 Å². The van der Waals surface area contributed by atoms with Crippen molar-refractivity contribution >= 4 is 28.5 Å². The Morgan fingerprint density at radius 2 is 2.08 bits per heavy atom. The fourth-order valence-electron chi connectivity index (χ4n) is 2.07. The van der Waals surface area contributed by atoms with Gasteiger partial charge in [-0.3, -0.25) is 4.79 Å². The summed E-state index contributed by atoms with van der Waals surface area (Å²) in [6.45, 7) is 5.47. The van der Waals surface area contributed by atoms with E-state index in [2.05, 4.69) is 15.6 Å². The highest BCUT2D eigenvalue weighted by Crippen LogP contribution is 2.21. The van der Waals surface area contributed by atoms with Crippen LogP contribution in [-0.2, 0) is 16.0 Å². The zero-order valence-corrected chi connectivity index (χ0v) is 15.8. The standard InChI is InChI=1S/C18H22FN3O3S/c1-18(2,3)25-17(24)20-8-7-15(23)22-16-21-11-14(26-16)10-12-5-4-6-13(19)9-12/h4-6,9,11H,7-8,10H2,1-3H3,(H,20,24)(H,21,22,23). The van der Waals surface area contributed by atoms with Gasteiger partial charge in [-0.25, -0.2) is 14.2 Å². The highest BCUT2D eigenvalue weighted by molar-refractivity contribution is 7.15. The number of thiazole rings is 1. The monoisotopic (exact) mass is 379 g/mol. The van der Waals surface area contributed by atoms with Crippen molar-refractivity contribution in [3.05, 3.63) is 46.7 Å². The molecule has 0 saturated carbocycles. The van der Waals surface area contributed by atoms with Gasteiger partial charge in [-0.15, -0.1) is 11.3 Å². The summed E-state index contributed by atoms with van der Waals surface area (Å²) in [6.07, 6.45) is 1.75. The Labute approximate surface area is 155 Å². The lowest BCUT2D eigenvalue weighted by molar-refractivity contribution is -0.116. The van der Waals surface area contributed by atoms with Crippen LogP contribution in [0.3, 0.4) is 0 Å². The SMILES string of the molecule is CC(C)(C)OC(=O)NCCC(=O)Nc1ncc(Cc2cccc(F)c2)s1. The average Bonchev–Trinajstić information content (AvgIpc) is 2.92. The predicted molar refractivity (Wildman–Crippen MR) is 98.8 cm³/mol. The Morgan fingerprint density at radius 1 is 1.31 bits per heavy atom. The molecule has 1 aromatic heterocycles. The van der Waals surface area contributed by atoms with Crippen molar-refractivity contribution < 1.29 is 18.7 Å². The second-order valence-electron chi connectivity index (χ2n) is 6.67. The summed E-state index contributed by atoms with van der Waals surface area (Å²) in [5, 5.41) is 5.68. The number of carbonyl (C=O) groups is 2. The van der Waals surface area contributed by atoms with Crippen LogP contribution in [0.2, 0.25) is 0 Å². The van der Waals surface area contributed by atoms with Crippen molar-refractivity contribution in [3.8, 4) is 0 Å². The lowest BCUT2D eigenvalue weighted by Crippen LogP contribution is -2.34. The number of nitrogens with zero attached hydrogens (tertiary/aromatic N) is 1. The molecule has 1 aromatic carbocycles. The number of hydrogen-bond acceptors (Lipinski definition) is 5. The first kappa shape index (κ1) is 19.8. The highest BCUT2D eigenvalue weighted by Gasteiger charge is 2.16. The quantitative estimate of drug-likeness (QED) is 0.801. The van der Waals surface area contributed by atoms with Crippen molar-refractivity contribution in [1.29, 1.82) is 0 Å². The number of hydrogen-bond donors (Lipinski definition) is 2. The maximum absolute atomic E-state index is 13.2. The number of amides is 2. The third kappa shape index (κ3) is 7.18. The molecule has 0 bridgehead atoms. The summed E-state index contributed by atoms with van der Waals surface area (Å²) < 4.78 is 18.3. The number of halogens is 1. The maximum atomic E-state index is 13.2. The Hall–Kier alpha value is -2.48. The molecule has 26 heavy (non-hydrogen) atoms. The first-order valence-electron chi connectivity index (χ1n) is 8.17. The first-order chi connectivity index (χ1) is 12.2. The van der Waals surface area contributed by atoms with Crippen molar-refractivity contribution in [3.63, 3.8) is 0 Å². The lowest BCUT2D eigenvalue weighted by Gasteiger charge is -2.19. The number of carbonyl (C=O) groups excluding carboxylic acids is 2. The molecule has 140 valence electrons. The van der Waals surface area contributed by atoms with E-state index < -0.39 is 11.7 Å². The summed E-state index contributed by atoms with van der Waals surface area (Å²) in [5.74, 6) is -0.536. The van der Waals surface area contributed by atoms with Crippen molar-refractivity contribution in [1.82, 2.24) is 10.3 Å². The molecule has 0 fully saturated rings. The van der Waals surface area contributed by atoms with Crippen LogP contribution in [-0.4, -0.2) is 29.1 Å². The molecule has 6 nitrogen and oxygen atoms in total. The van der Waals surface area contributed by atoms with Crippen LogP contribution in [0.4, 0.5) is 14.3 Å². The van der Waals surface area contributed by atoms with Gasteiger partial charge in [0.1, 0.15) is 11.4 Å². The van der Waals surface area contributed by atoms with Gasteiger partial charge in [-0.2, -0.15) is 0 Å². The number of aromatic nitrogens is 1. The summed E-state index contributed by atoms with van der Waals surface area (Å²) in [6, 6.07) is 6.36. The van der Waals surface area contributed by atoms with E-state index in [1.165, 1.54) is 23.5 Å². The van der Waals surface area contributed by atoms with Crippen LogP contribution in [0.1, 0.15) is 37.6 Å². The Kier molecular flexibility index (Phi) is 6.68. The smallest absolute Gasteiger partial charge is 0.407 e. The summed E-state index contributed by atoms with van der Waals surface area (Å²) >= 11 is 1.33. The second kappa shape index (κ2) is 8.75. The third-order valence-corrected chi connectivity index (χ3v) is 4.00. The molecule has 2 aromatic rings. The molecule has 0 saturated heterocycles. The van der Waals surface area contributed by atoms with Gasteiger partial charge in [0.15, 0.2) is 5.13 Å². The number of nitrogens with one attached hydrogen (secondary N) is 2. The molecule has 2 amide bonds. The van der Waals surface area contributed by atoms with E-state index in [1.807, 2.05) is 6.07 Å². The Bertz CT molecular complexity index is 771. The zero-order valence-electron chi connectivity index (χ0n) is 15.0. The molecule has 0 aliphatic carbocycles. The summed E-state index contributed by atoms with van der Waals surface area (Å²) in [4.78, 5) is 28.5. The molecule has 0 spiro atoms. The number of benzene rings is 1. The minimum atomic E-state index is -0.578. The van der Waals surface area contributed by atoms with E-state index in [9.17, 15) is 14.0 Å². The van der Waals surface area contributed by atoms with Gasteiger partial charge in [0.2, 0.25) is 5.91 Å². The first-order valence-corrected chi connectivity index (χ1v) is 8.99. The van der Waals surface area contributed by atoms with Gasteiger partial charge < -0.3 is 15.4 Å². The fraction of sp³-hybridized carbons (Fsp3) is 0.389. The summed E-state index contributed by atoms with van der Waals surface area (Å²) in [7, 11) is 0. The molecular weight excluding hydrogens is 357 g/mol. The van der Waals surface area contributed by atoms with E-state index >= 15 is 0 Å². The molecule has 0 unspecified atom stereocenters. The van der Waals surface area contributed by atoms with Gasteiger partial charge in [-0.1, -0.05) is 12.1 Å². The van der Waals surface area contributed by atoms with E-state index in [0.717, 1.165) is 10.4 Å². The third-order valence-electron chi connectivity index (χ3n) is 3.09. The zero-order chi connectivity index (χ0) is 19.2. The van der Waals surface area contributed by atoms with Gasteiger partial charge in [0.05, 0.1) is 0 Å². The Balaban J connectivity index is 1.76. The highest BCUT2D eigenvalue weighted by atomic mass is 32.1. The predicted octanol–water partition coefficient (Wildman–Crippen LogP) is 3.73. The van der Waals surface area contributed by atoms with Crippen LogP contribution in [0.15, 0.2) is 30.5 Å². The minimum Gasteiger partial charge on any atom is -0.444 e.